The summed E-state index contributed by atoms with van der Waals surface area (Å²) >= 11 is 5.84. The van der Waals surface area contributed by atoms with E-state index in [1.807, 2.05) is 12.1 Å². The van der Waals surface area contributed by atoms with Gasteiger partial charge in [-0.15, -0.1) is 0 Å². The van der Waals surface area contributed by atoms with E-state index in [4.69, 9.17) is 23.1 Å². The second-order valence-electron chi connectivity index (χ2n) is 4.03. The van der Waals surface area contributed by atoms with E-state index in [0.717, 1.165) is 17.9 Å². The lowest BCUT2D eigenvalue weighted by Gasteiger charge is -2.12. The van der Waals surface area contributed by atoms with Gasteiger partial charge in [-0.3, -0.25) is 4.99 Å². The minimum absolute atomic E-state index is 0.161. The fraction of sp³-hybridized carbons (Fsp3) is 0.364. The number of rotatable bonds is 3. The highest BCUT2D eigenvalue weighted by Gasteiger charge is 2.43. The lowest BCUT2D eigenvalue weighted by atomic mass is 9.96. The molecule has 0 aromatic heterocycles. The summed E-state index contributed by atoms with van der Waals surface area (Å²) in [4.78, 5) is 4.10. The SMILES string of the molecule is NC(N)=NCC1(c2ccc(Cl)cc2)CC1. The van der Waals surface area contributed by atoms with Crippen molar-refractivity contribution in [3.8, 4) is 0 Å². The Balaban J connectivity index is 2.16. The molecule has 4 N–H and O–H groups in total. The Bertz CT molecular complexity index is 375. The molecule has 15 heavy (non-hydrogen) atoms. The van der Waals surface area contributed by atoms with Gasteiger partial charge in [-0.05, 0) is 30.5 Å². The van der Waals surface area contributed by atoms with Crippen molar-refractivity contribution < 1.29 is 0 Å². The third-order valence-electron chi connectivity index (χ3n) is 2.87. The number of nitrogens with zero attached hydrogens (tertiary/aromatic N) is 1. The number of aliphatic imine (C=N–C) groups is 1. The molecule has 1 aromatic carbocycles. The Kier molecular flexibility index (Phi) is 2.57. The molecule has 1 aliphatic carbocycles. The molecule has 4 heteroatoms. The van der Waals surface area contributed by atoms with E-state index >= 15 is 0 Å². The van der Waals surface area contributed by atoms with Crippen LogP contribution < -0.4 is 11.5 Å². The van der Waals surface area contributed by atoms with E-state index in [1.54, 1.807) is 0 Å². The van der Waals surface area contributed by atoms with Crippen LogP contribution in [0.25, 0.3) is 0 Å². The van der Waals surface area contributed by atoms with Crippen molar-refractivity contribution in [3.63, 3.8) is 0 Å². The number of hydrogen-bond donors (Lipinski definition) is 2. The molecule has 0 atom stereocenters. The molecule has 1 saturated carbocycles. The van der Waals surface area contributed by atoms with Crippen LogP contribution in [0.2, 0.25) is 5.02 Å². The summed E-state index contributed by atoms with van der Waals surface area (Å²) in [7, 11) is 0. The average Bonchev–Trinajstić information content (AvgIpc) is 2.97. The molecular formula is C11H14ClN3. The molecule has 0 aliphatic heterocycles. The lowest BCUT2D eigenvalue weighted by Crippen LogP contribution is -2.25. The highest BCUT2D eigenvalue weighted by atomic mass is 35.5. The zero-order valence-corrected chi connectivity index (χ0v) is 9.17. The van der Waals surface area contributed by atoms with E-state index in [0.29, 0.717) is 6.54 Å². The van der Waals surface area contributed by atoms with Crippen LogP contribution in [0.5, 0.6) is 0 Å². The van der Waals surface area contributed by atoms with Crippen molar-refractivity contribution in [2.75, 3.05) is 6.54 Å². The monoisotopic (exact) mass is 223 g/mol. The largest absolute Gasteiger partial charge is 0.370 e. The van der Waals surface area contributed by atoms with Gasteiger partial charge in [-0.2, -0.15) is 0 Å². The molecule has 0 unspecified atom stereocenters. The predicted molar refractivity (Wildman–Crippen MR) is 63.0 cm³/mol. The first-order valence-corrected chi connectivity index (χ1v) is 5.32. The summed E-state index contributed by atoms with van der Waals surface area (Å²) in [5, 5.41) is 0.761. The molecule has 0 saturated heterocycles. The van der Waals surface area contributed by atoms with Gasteiger partial charge in [0.15, 0.2) is 5.96 Å². The zero-order valence-electron chi connectivity index (χ0n) is 8.41. The van der Waals surface area contributed by atoms with Gasteiger partial charge >= 0.3 is 0 Å². The molecule has 0 bridgehead atoms. The van der Waals surface area contributed by atoms with Crippen LogP contribution in [-0.2, 0) is 5.41 Å². The van der Waals surface area contributed by atoms with Gasteiger partial charge in [-0.25, -0.2) is 0 Å². The topological polar surface area (TPSA) is 64.4 Å². The molecule has 2 rings (SSSR count). The van der Waals surface area contributed by atoms with Crippen LogP contribution in [0.3, 0.4) is 0 Å². The maximum atomic E-state index is 5.84. The number of halogens is 1. The van der Waals surface area contributed by atoms with Gasteiger partial charge in [0.2, 0.25) is 0 Å². The van der Waals surface area contributed by atoms with Gasteiger partial charge in [0, 0.05) is 10.4 Å². The van der Waals surface area contributed by atoms with Crippen LogP contribution in [-0.4, -0.2) is 12.5 Å². The Morgan fingerprint density at radius 1 is 1.27 bits per heavy atom. The molecule has 0 radical (unpaired) electrons. The van der Waals surface area contributed by atoms with Crippen LogP contribution in [0.15, 0.2) is 29.3 Å². The van der Waals surface area contributed by atoms with Crippen LogP contribution in [0, 0.1) is 0 Å². The summed E-state index contributed by atoms with van der Waals surface area (Å²) in [6.07, 6.45) is 2.29. The van der Waals surface area contributed by atoms with Crippen molar-refractivity contribution in [2.24, 2.45) is 16.5 Å². The quantitative estimate of drug-likeness (QED) is 0.605. The molecule has 80 valence electrons. The second kappa shape index (κ2) is 3.74. The van der Waals surface area contributed by atoms with Crippen LogP contribution in [0.1, 0.15) is 18.4 Å². The van der Waals surface area contributed by atoms with Gasteiger partial charge in [0.05, 0.1) is 6.54 Å². The maximum absolute atomic E-state index is 5.84. The normalized spacial score (nSPS) is 17.1. The summed E-state index contributed by atoms with van der Waals surface area (Å²) in [6, 6.07) is 7.92. The number of benzene rings is 1. The first-order valence-electron chi connectivity index (χ1n) is 4.94. The van der Waals surface area contributed by atoms with Gasteiger partial charge in [0.25, 0.3) is 0 Å². The van der Waals surface area contributed by atoms with E-state index in [-0.39, 0.29) is 11.4 Å². The van der Waals surface area contributed by atoms with Gasteiger partial charge in [-0.1, -0.05) is 23.7 Å². The van der Waals surface area contributed by atoms with E-state index in [9.17, 15) is 0 Å². The first kappa shape index (κ1) is 10.3. The lowest BCUT2D eigenvalue weighted by molar-refractivity contribution is 0.705. The van der Waals surface area contributed by atoms with Crippen molar-refractivity contribution in [1.29, 1.82) is 0 Å². The van der Waals surface area contributed by atoms with Gasteiger partial charge < -0.3 is 11.5 Å². The molecule has 1 aromatic rings. The highest BCUT2D eigenvalue weighted by Crippen LogP contribution is 2.48. The Labute approximate surface area is 94.1 Å². The molecule has 1 fully saturated rings. The van der Waals surface area contributed by atoms with E-state index < -0.39 is 0 Å². The molecule has 1 aliphatic rings. The van der Waals surface area contributed by atoms with Crippen LogP contribution >= 0.6 is 11.6 Å². The first-order chi connectivity index (χ1) is 7.12. The molecule has 3 nitrogen and oxygen atoms in total. The molecule has 0 heterocycles. The zero-order chi connectivity index (χ0) is 10.9. The summed E-state index contributed by atoms with van der Waals surface area (Å²) in [5.74, 6) is 0.162. The van der Waals surface area contributed by atoms with E-state index in [2.05, 4.69) is 17.1 Å². The minimum atomic E-state index is 0.161. The maximum Gasteiger partial charge on any atom is 0.185 e. The smallest absolute Gasteiger partial charge is 0.185 e. The van der Waals surface area contributed by atoms with Gasteiger partial charge in [0.1, 0.15) is 0 Å². The number of hydrogen-bond acceptors (Lipinski definition) is 1. The predicted octanol–water partition coefficient (Wildman–Crippen LogP) is 1.65. The number of nitrogens with two attached hydrogens (primary N) is 2. The van der Waals surface area contributed by atoms with Crippen molar-refractivity contribution >= 4 is 17.6 Å². The van der Waals surface area contributed by atoms with Crippen molar-refractivity contribution in [1.82, 2.24) is 0 Å². The van der Waals surface area contributed by atoms with E-state index in [1.165, 1.54) is 5.56 Å². The fourth-order valence-corrected chi connectivity index (χ4v) is 1.86. The molecular weight excluding hydrogens is 210 g/mol. The highest BCUT2D eigenvalue weighted by molar-refractivity contribution is 6.30. The third kappa shape index (κ3) is 2.23. The summed E-state index contributed by atoms with van der Waals surface area (Å²) in [5.41, 5.74) is 12.1. The Hall–Kier alpha value is -1.22. The van der Waals surface area contributed by atoms with Crippen molar-refractivity contribution in [2.45, 2.75) is 18.3 Å². The fourth-order valence-electron chi connectivity index (χ4n) is 1.74. The Morgan fingerprint density at radius 3 is 2.33 bits per heavy atom. The second-order valence-corrected chi connectivity index (χ2v) is 4.46. The summed E-state index contributed by atoms with van der Waals surface area (Å²) in [6.45, 7) is 0.678. The summed E-state index contributed by atoms with van der Waals surface area (Å²) < 4.78 is 0. The molecule has 0 amide bonds. The average molecular weight is 224 g/mol. The Morgan fingerprint density at radius 2 is 1.87 bits per heavy atom. The third-order valence-corrected chi connectivity index (χ3v) is 3.13. The van der Waals surface area contributed by atoms with Crippen molar-refractivity contribution in [3.05, 3.63) is 34.9 Å². The number of guanidine groups is 1. The van der Waals surface area contributed by atoms with Crippen LogP contribution in [0.4, 0.5) is 0 Å². The molecule has 0 spiro atoms. The minimum Gasteiger partial charge on any atom is -0.370 e. The standard InChI is InChI=1S/C11H14ClN3/c12-9-3-1-8(2-4-9)11(5-6-11)7-15-10(13)14/h1-4H,5-7H2,(H4,13,14,15).